The minimum absolute atomic E-state index is 0.0598. The first-order valence-electron chi connectivity index (χ1n) is 8.46. The summed E-state index contributed by atoms with van der Waals surface area (Å²) in [7, 11) is 2.20. The Bertz CT molecular complexity index is 996. The van der Waals surface area contributed by atoms with Gasteiger partial charge < -0.3 is 19.1 Å². The van der Waals surface area contributed by atoms with Gasteiger partial charge in [-0.3, -0.25) is 10.1 Å². The Balaban J connectivity index is 2.82. The number of anilines is 1. The molecule has 0 radical (unpaired) electrons. The monoisotopic (exact) mass is 436 g/mol. The van der Waals surface area contributed by atoms with Crippen molar-refractivity contribution in [1.82, 2.24) is 0 Å². The smallest absolute Gasteiger partial charge is 0.355 e. The van der Waals surface area contributed by atoms with Gasteiger partial charge in [-0.05, 0) is 25.1 Å². The molecule has 0 N–H and O–H groups in total. The summed E-state index contributed by atoms with van der Waals surface area (Å²) < 4.78 is 14.3. The second-order valence-electron chi connectivity index (χ2n) is 5.62. The molecule has 0 aliphatic carbocycles. The van der Waals surface area contributed by atoms with E-state index in [1.165, 1.54) is 30.5 Å². The fourth-order valence-corrected chi connectivity index (χ4v) is 2.94. The summed E-state index contributed by atoms with van der Waals surface area (Å²) >= 11 is 6.28. The molecule has 0 atom stereocenters. The predicted molar refractivity (Wildman–Crippen MR) is 106 cm³/mol. The van der Waals surface area contributed by atoms with Crippen LogP contribution in [0.15, 0.2) is 47.8 Å². The third-order valence-electron chi connectivity index (χ3n) is 3.88. The van der Waals surface area contributed by atoms with Crippen LogP contribution in [0.25, 0.3) is 0 Å². The summed E-state index contributed by atoms with van der Waals surface area (Å²) in [5, 5.41) is 11.5. The molecule has 0 unspecified atom stereocenters. The van der Waals surface area contributed by atoms with Gasteiger partial charge in [0.2, 0.25) is 0 Å². The Hall–Kier alpha value is -3.66. The molecule has 0 bridgehead atoms. The van der Waals surface area contributed by atoms with Crippen molar-refractivity contribution in [2.45, 2.75) is 6.92 Å². The summed E-state index contributed by atoms with van der Waals surface area (Å²) in [6.07, 6.45) is 5.44. The fourth-order valence-electron chi connectivity index (χ4n) is 2.63. The molecular formula is C19H17ClN2O8. The third kappa shape index (κ3) is 4.49. The second-order valence-corrected chi connectivity index (χ2v) is 6.03. The molecule has 0 fully saturated rings. The maximum absolute atomic E-state index is 12.5. The highest BCUT2D eigenvalue weighted by Crippen LogP contribution is 2.40. The molecule has 1 heterocycles. The number of carbonyl (C=O) groups is 3. The number of ether oxygens (including phenoxy) is 3. The van der Waals surface area contributed by atoms with E-state index < -0.39 is 28.5 Å². The van der Waals surface area contributed by atoms with Gasteiger partial charge in [0.05, 0.1) is 41.9 Å². The lowest BCUT2D eigenvalue weighted by Crippen LogP contribution is -2.27. The fraction of sp³-hybridized carbons (Fsp3) is 0.211. The molecule has 0 amide bonds. The molecule has 30 heavy (non-hydrogen) atoms. The highest BCUT2D eigenvalue weighted by atomic mass is 35.5. The molecule has 0 aromatic heterocycles. The summed E-state index contributed by atoms with van der Waals surface area (Å²) in [5.41, 5.74) is -1.57. The van der Waals surface area contributed by atoms with Crippen molar-refractivity contribution in [3.63, 3.8) is 0 Å². The standard InChI is InChI=1S/C19H17ClN2O8/c1-4-30-17(23)11-9-13(20)16(14(10-11)22(26)27)21-8-6-5-7-12(18(24)28-2)15(21)19(25)29-3/h5-10H,4H2,1-3H3. The average Bonchev–Trinajstić information content (AvgIpc) is 2.94. The van der Waals surface area contributed by atoms with E-state index in [0.29, 0.717) is 0 Å². The van der Waals surface area contributed by atoms with Gasteiger partial charge in [0.25, 0.3) is 5.69 Å². The van der Waals surface area contributed by atoms with Crippen molar-refractivity contribution < 1.29 is 33.5 Å². The van der Waals surface area contributed by atoms with Gasteiger partial charge in [-0.25, -0.2) is 14.4 Å². The maximum atomic E-state index is 12.5. The number of nitro benzene ring substituents is 1. The lowest BCUT2D eigenvalue weighted by atomic mass is 10.1. The number of halogens is 1. The average molecular weight is 437 g/mol. The number of carbonyl (C=O) groups excluding carboxylic acids is 3. The van der Waals surface area contributed by atoms with Gasteiger partial charge in [0.1, 0.15) is 11.4 Å². The minimum Gasteiger partial charge on any atom is -0.465 e. The van der Waals surface area contributed by atoms with E-state index in [9.17, 15) is 24.5 Å². The number of hydrogen-bond acceptors (Lipinski definition) is 9. The van der Waals surface area contributed by atoms with Crippen LogP contribution in [0.5, 0.6) is 0 Å². The molecule has 0 saturated heterocycles. The topological polar surface area (TPSA) is 125 Å². The van der Waals surface area contributed by atoms with E-state index in [1.54, 1.807) is 6.92 Å². The number of rotatable bonds is 6. The van der Waals surface area contributed by atoms with Crippen LogP contribution in [-0.2, 0) is 23.8 Å². The van der Waals surface area contributed by atoms with Gasteiger partial charge in [0, 0.05) is 12.3 Å². The Morgan fingerprint density at radius 1 is 1.10 bits per heavy atom. The normalized spacial score (nSPS) is 13.0. The van der Waals surface area contributed by atoms with Crippen molar-refractivity contribution in [3.05, 3.63) is 68.5 Å². The number of nitrogens with zero attached hydrogens (tertiary/aromatic N) is 2. The van der Waals surface area contributed by atoms with Crippen LogP contribution >= 0.6 is 11.6 Å². The molecule has 1 aromatic carbocycles. The van der Waals surface area contributed by atoms with Crippen LogP contribution in [0.2, 0.25) is 5.02 Å². The van der Waals surface area contributed by atoms with Crippen LogP contribution in [0, 0.1) is 10.1 Å². The van der Waals surface area contributed by atoms with Gasteiger partial charge in [-0.2, -0.15) is 0 Å². The van der Waals surface area contributed by atoms with E-state index in [4.69, 9.17) is 25.8 Å². The SMILES string of the molecule is CCOC(=O)c1cc(Cl)c(N2C=CC=CC(C(=O)OC)=C2C(=O)OC)c([N+](=O)[O-])c1. The molecule has 158 valence electrons. The van der Waals surface area contributed by atoms with Gasteiger partial charge in [0.15, 0.2) is 0 Å². The molecule has 1 aliphatic heterocycles. The summed E-state index contributed by atoms with van der Waals surface area (Å²) in [6, 6.07) is 2.14. The molecule has 10 nitrogen and oxygen atoms in total. The Morgan fingerprint density at radius 2 is 1.77 bits per heavy atom. The zero-order valence-electron chi connectivity index (χ0n) is 16.2. The number of nitro groups is 1. The van der Waals surface area contributed by atoms with Gasteiger partial charge in [-0.1, -0.05) is 17.7 Å². The first-order chi connectivity index (χ1) is 14.3. The number of benzene rings is 1. The minimum atomic E-state index is -0.966. The van der Waals surface area contributed by atoms with Crippen LogP contribution in [0.3, 0.4) is 0 Å². The molecular weight excluding hydrogens is 420 g/mol. The molecule has 1 aliphatic rings. The van der Waals surface area contributed by atoms with Crippen molar-refractivity contribution in [3.8, 4) is 0 Å². The first-order valence-corrected chi connectivity index (χ1v) is 8.84. The van der Waals surface area contributed by atoms with Crippen molar-refractivity contribution >= 4 is 40.9 Å². The van der Waals surface area contributed by atoms with Crippen LogP contribution in [-0.4, -0.2) is 43.7 Å². The van der Waals surface area contributed by atoms with Crippen molar-refractivity contribution in [1.29, 1.82) is 0 Å². The molecule has 1 aromatic rings. The quantitative estimate of drug-likeness (QED) is 0.286. The Labute approximate surface area is 176 Å². The summed E-state index contributed by atoms with van der Waals surface area (Å²) in [4.78, 5) is 48.8. The molecule has 0 spiro atoms. The van der Waals surface area contributed by atoms with Crippen molar-refractivity contribution in [2.75, 3.05) is 25.7 Å². The second kappa shape index (κ2) is 9.70. The van der Waals surface area contributed by atoms with Gasteiger partial charge >= 0.3 is 17.9 Å². The van der Waals surface area contributed by atoms with E-state index in [-0.39, 0.29) is 34.2 Å². The Kier molecular flexibility index (Phi) is 7.32. The van der Waals surface area contributed by atoms with E-state index >= 15 is 0 Å². The highest BCUT2D eigenvalue weighted by molar-refractivity contribution is 6.34. The molecule has 2 rings (SSSR count). The van der Waals surface area contributed by atoms with Crippen LogP contribution in [0.4, 0.5) is 11.4 Å². The highest BCUT2D eigenvalue weighted by Gasteiger charge is 2.33. The van der Waals surface area contributed by atoms with Gasteiger partial charge in [-0.15, -0.1) is 0 Å². The number of esters is 3. The zero-order chi connectivity index (χ0) is 22.4. The van der Waals surface area contributed by atoms with E-state index in [1.807, 2.05) is 0 Å². The lowest BCUT2D eigenvalue weighted by Gasteiger charge is -2.24. The zero-order valence-corrected chi connectivity index (χ0v) is 17.0. The molecule has 0 saturated carbocycles. The number of methoxy groups -OCH3 is 2. The summed E-state index contributed by atoms with van der Waals surface area (Å²) in [6.45, 7) is 1.64. The summed E-state index contributed by atoms with van der Waals surface area (Å²) in [5.74, 6) is -2.64. The molecule has 11 heteroatoms. The lowest BCUT2D eigenvalue weighted by molar-refractivity contribution is -0.384. The predicted octanol–water partition coefficient (Wildman–Crippen LogP) is 2.91. The van der Waals surface area contributed by atoms with Crippen molar-refractivity contribution in [2.24, 2.45) is 0 Å². The maximum Gasteiger partial charge on any atom is 0.355 e. The van der Waals surface area contributed by atoms with E-state index in [2.05, 4.69) is 0 Å². The van der Waals surface area contributed by atoms with E-state index in [0.717, 1.165) is 25.2 Å². The van der Waals surface area contributed by atoms with Crippen LogP contribution in [0.1, 0.15) is 17.3 Å². The number of allylic oxidation sites excluding steroid dienone is 2. The first kappa shape index (κ1) is 22.6. The number of hydrogen-bond donors (Lipinski definition) is 0. The third-order valence-corrected chi connectivity index (χ3v) is 4.17. The Morgan fingerprint density at radius 3 is 2.33 bits per heavy atom. The largest absolute Gasteiger partial charge is 0.465 e. The van der Waals surface area contributed by atoms with Crippen LogP contribution < -0.4 is 4.90 Å².